The van der Waals surface area contributed by atoms with Gasteiger partial charge in [-0.15, -0.1) is 0 Å². The number of hydrogen-bond donors (Lipinski definition) is 0. The van der Waals surface area contributed by atoms with Crippen LogP contribution < -0.4 is 0 Å². The van der Waals surface area contributed by atoms with E-state index in [9.17, 15) is 14.4 Å². The summed E-state index contributed by atoms with van der Waals surface area (Å²) in [5.74, 6) is 0.152. The van der Waals surface area contributed by atoms with E-state index in [2.05, 4.69) is 0 Å². The minimum absolute atomic E-state index is 0.130. The first kappa shape index (κ1) is 14.4. The Kier molecular flexibility index (Phi) is 3.63. The number of imide groups is 1. The third-order valence-electron chi connectivity index (χ3n) is 4.89. The first-order chi connectivity index (χ1) is 10.0. The summed E-state index contributed by atoms with van der Waals surface area (Å²) in [6, 6.07) is -0.804. The van der Waals surface area contributed by atoms with Gasteiger partial charge in [0.1, 0.15) is 6.04 Å². The predicted molar refractivity (Wildman–Crippen MR) is 76.4 cm³/mol. The molecular weight excluding hydrogens is 270 g/mol. The molecule has 0 radical (unpaired) electrons. The van der Waals surface area contributed by atoms with E-state index in [4.69, 9.17) is 0 Å². The number of amides is 4. The third-order valence-corrected chi connectivity index (χ3v) is 4.89. The van der Waals surface area contributed by atoms with Gasteiger partial charge in [-0.3, -0.25) is 14.5 Å². The van der Waals surface area contributed by atoms with Crippen LogP contribution in [0, 0.1) is 5.92 Å². The van der Waals surface area contributed by atoms with Crippen LogP contribution in [0.4, 0.5) is 4.79 Å². The maximum absolute atomic E-state index is 12.5. The Morgan fingerprint density at radius 3 is 2.43 bits per heavy atom. The third kappa shape index (κ3) is 2.30. The molecule has 0 bridgehead atoms. The van der Waals surface area contributed by atoms with Gasteiger partial charge in [0.15, 0.2) is 0 Å². The number of carbonyl (C=O) groups excluding carboxylic acids is 3. The van der Waals surface area contributed by atoms with E-state index in [0.717, 1.165) is 25.7 Å². The fourth-order valence-corrected chi connectivity index (χ4v) is 3.72. The van der Waals surface area contributed by atoms with E-state index in [0.29, 0.717) is 19.6 Å². The quantitative estimate of drug-likeness (QED) is 0.715. The van der Waals surface area contributed by atoms with Crippen LogP contribution in [0.2, 0.25) is 0 Å². The van der Waals surface area contributed by atoms with Crippen molar-refractivity contribution in [3.05, 3.63) is 0 Å². The molecule has 1 atom stereocenters. The van der Waals surface area contributed by atoms with Gasteiger partial charge in [-0.2, -0.15) is 0 Å². The highest BCUT2D eigenvalue weighted by Crippen LogP contribution is 2.29. The molecule has 4 amide bonds. The van der Waals surface area contributed by atoms with Crippen molar-refractivity contribution < 1.29 is 14.4 Å². The minimum atomic E-state index is -0.473. The van der Waals surface area contributed by atoms with Gasteiger partial charge in [-0.1, -0.05) is 12.8 Å². The lowest BCUT2D eigenvalue weighted by Gasteiger charge is -2.36. The molecule has 6 heteroatoms. The highest BCUT2D eigenvalue weighted by atomic mass is 16.2. The molecule has 3 rings (SSSR count). The monoisotopic (exact) mass is 293 g/mol. The molecule has 2 saturated heterocycles. The Morgan fingerprint density at radius 2 is 1.81 bits per heavy atom. The lowest BCUT2D eigenvalue weighted by Crippen LogP contribution is -2.55. The van der Waals surface area contributed by atoms with Crippen molar-refractivity contribution in [3.8, 4) is 0 Å². The molecule has 116 valence electrons. The summed E-state index contributed by atoms with van der Waals surface area (Å²) >= 11 is 0. The average molecular weight is 293 g/mol. The number of carbonyl (C=O) groups is 3. The zero-order valence-electron chi connectivity index (χ0n) is 12.7. The van der Waals surface area contributed by atoms with Crippen molar-refractivity contribution in [1.82, 2.24) is 14.7 Å². The molecule has 3 fully saturated rings. The van der Waals surface area contributed by atoms with E-state index in [1.165, 1.54) is 4.90 Å². The summed E-state index contributed by atoms with van der Waals surface area (Å²) in [6.45, 7) is 5.07. The Labute approximate surface area is 125 Å². The zero-order chi connectivity index (χ0) is 15.1. The second-order valence-electron chi connectivity index (χ2n) is 6.56. The molecule has 0 spiro atoms. The van der Waals surface area contributed by atoms with Crippen LogP contribution >= 0.6 is 0 Å². The van der Waals surface area contributed by atoms with Crippen molar-refractivity contribution in [2.45, 2.75) is 51.6 Å². The molecule has 0 aromatic carbocycles. The maximum Gasteiger partial charge on any atom is 0.327 e. The van der Waals surface area contributed by atoms with Gasteiger partial charge in [0, 0.05) is 25.0 Å². The van der Waals surface area contributed by atoms with E-state index >= 15 is 0 Å². The molecule has 1 saturated carbocycles. The summed E-state index contributed by atoms with van der Waals surface area (Å²) in [5, 5.41) is 0. The predicted octanol–water partition coefficient (Wildman–Crippen LogP) is 1.06. The van der Waals surface area contributed by atoms with Gasteiger partial charge < -0.3 is 9.80 Å². The molecule has 0 unspecified atom stereocenters. The van der Waals surface area contributed by atoms with Crippen molar-refractivity contribution in [1.29, 1.82) is 0 Å². The Balaban J connectivity index is 1.71. The van der Waals surface area contributed by atoms with Crippen LogP contribution in [0.5, 0.6) is 0 Å². The first-order valence-corrected chi connectivity index (χ1v) is 7.93. The Bertz CT molecular complexity index is 471. The normalized spacial score (nSPS) is 27.0. The summed E-state index contributed by atoms with van der Waals surface area (Å²) in [7, 11) is 0. The lowest BCUT2D eigenvalue weighted by molar-refractivity contribution is -0.139. The number of piperazine rings is 1. The second-order valence-corrected chi connectivity index (χ2v) is 6.56. The molecular formula is C15H23N3O3. The second kappa shape index (κ2) is 5.31. The lowest BCUT2D eigenvalue weighted by atomic mass is 10.0. The molecule has 21 heavy (non-hydrogen) atoms. The van der Waals surface area contributed by atoms with Gasteiger partial charge in [-0.05, 0) is 26.7 Å². The Morgan fingerprint density at radius 1 is 1.14 bits per heavy atom. The largest absolute Gasteiger partial charge is 0.338 e. The van der Waals surface area contributed by atoms with Crippen LogP contribution in [0.3, 0.4) is 0 Å². The molecule has 0 aromatic rings. The minimum Gasteiger partial charge on any atom is -0.338 e. The van der Waals surface area contributed by atoms with Crippen LogP contribution in [0.1, 0.15) is 39.5 Å². The van der Waals surface area contributed by atoms with Crippen LogP contribution in [0.15, 0.2) is 0 Å². The summed E-state index contributed by atoms with van der Waals surface area (Å²) in [5.41, 5.74) is 0. The summed E-state index contributed by atoms with van der Waals surface area (Å²) < 4.78 is 0. The molecule has 2 aliphatic heterocycles. The summed E-state index contributed by atoms with van der Waals surface area (Å²) in [4.78, 5) is 41.9. The number of rotatable bonds is 2. The van der Waals surface area contributed by atoms with Gasteiger partial charge in [0.25, 0.3) is 5.91 Å². The molecule has 6 nitrogen and oxygen atoms in total. The molecule has 0 aromatic heterocycles. The SMILES string of the molecule is CC(C)N1C(=O)[C@@H]2CN(C(=O)C3CCCC3)CCN2C1=O. The van der Waals surface area contributed by atoms with Crippen molar-refractivity contribution in [2.75, 3.05) is 19.6 Å². The van der Waals surface area contributed by atoms with E-state index in [1.807, 2.05) is 13.8 Å². The van der Waals surface area contributed by atoms with E-state index in [-0.39, 0.29) is 29.8 Å². The first-order valence-electron chi connectivity index (χ1n) is 7.93. The number of urea groups is 1. The van der Waals surface area contributed by atoms with Gasteiger partial charge in [0.2, 0.25) is 5.91 Å². The van der Waals surface area contributed by atoms with E-state index in [1.54, 1.807) is 9.80 Å². The topological polar surface area (TPSA) is 60.9 Å². The highest BCUT2D eigenvalue weighted by molar-refractivity contribution is 6.05. The smallest absolute Gasteiger partial charge is 0.327 e. The van der Waals surface area contributed by atoms with Crippen molar-refractivity contribution >= 4 is 17.8 Å². The van der Waals surface area contributed by atoms with Crippen molar-refractivity contribution in [2.24, 2.45) is 5.92 Å². The fraction of sp³-hybridized carbons (Fsp3) is 0.800. The van der Waals surface area contributed by atoms with Gasteiger partial charge in [-0.25, -0.2) is 4.79 Å². The van der Waals surface area contributed by atoms with Crippen LogP contribution in [-0.4, -0.2) is 64.3 Å². The van der Waals surface area contributed by atoms with E-state index < -0.39 is 6.04 Å². The molecule has 1 aliphatic carbocycles. The zero-order valence-corrected chi connectivity index (χ0v) is 12.7. The standard InChI is InChI=1S/C15H23N3O3/c1-10(2)18-14(20)12-9-16(7-8-17(12)15(18)21)13(19)11-5-3-4-6-11/h10-12H,3-9H2,1-2H3/t12-/m0/s1. The fourth-order valence-electron chi connectivity index (χ4n) is 3.72. The average Bonchev–Trinajstić information content (AvgIpc) is 3.06. The molecule has 0 N–H and O–H groups in total. The maximum atomic E-state index is 12.5. The highest BCUT2D eigenvalue weighted by Gasteiger charge is 2.49. The number of fused-ring (bicyclic) bond motifs is 1. The number of nitrogens with zero attached hydrogens (tertiary/aromatic N) is 3. The molecule has 2 heterocycles. The van der Waals surface area contributed by atoms with Gasteiger partial charge in [0.05, 0.1) is 6.54 Å². The molecule has 3 aliphatic rings. The van der Waals surface area contributed by atoms with Crippen LogP contribution in [-0.2, 0) is 9.59 Å². The number of hydrogen-bond acceptors (Lipinski definition) is 3. The van der Waals surface area contributed by atoms with Crippen LogP contribution in [0.25, 0.3) is 0 Å². The van der Waals surface area contributed by atoms with Crippen molar-refractivity contribution in [3.63, 3.8) is 0 Å². The summed E-state index contributed by atoms with van der Waals surface area (Å²) in [6.07, 6.45) is 4.18. The Hall–Kier alpha value is -1.59. The van der Waals surface area contributed by atoms with Gasteiger partial charge >= 0.3 is 6.03 Å².